The van der Waals surface area contributed by atoms with Gasteiger partial charge < -0.3 is 14.8 Å². The normalized spacial score (nSPS) is 25.7. The van der Waals surface area contributed by atoms with E-state index in [1.165, 1.54) is 5.56 Å². The van der Waals surface area contributed by atoms with Crippen LogP contribution in [-0.2, 0) is 16.9 Å². The minimum absolute atomic E-state index is 0.129. The van der Waals surface area contributed by atoms with Gasteiger partial charge >= 0.3 is 0 Å². The van der Waals surface area contributed by atoms with E-state index in [-0.39, 0.29) is 16.9 Å². The molecule has 8 heteroatoms. The third kappa shape index (κ3) is 3.66. The molecule has 3 heterocycles. The highest BCUT2D eigenvalue weighted by Gasteiger charge is 2.73. The molecule has 0 saturated carbocycles. The highest BCUT2D eigenvalue weighted by atomic mass is 16.6. The molecule has 0 radical (unpaired) electrons. The Kier molecular flexibility index (Phi) is 6.07. The van der Waals surface area contributed by atoms with Crippen LogP contribution < -0.4 is 14.8 Å². The Morgan fingerprint density at radius 1 is 1.08 bits per heavy atom. The standard InChI is InChI=1S/C30H31N3O5/c1-3-37-26-17-21(14-15-25(26)38-18-20-12-10-19(2)11-13-20)27-24-9-6-16-32(24)30(28(27)33(35)36)22-7-4-5-8-23(22)31-29(30)34/h4-5,7-8,10-15,17,24,27-28H,3,6,9,16,18H2,1-2H3,(H,31,34)/t24-,27+,28-,30-/m0/s1. The lowest BCUT2D eigenvalue weighted by molar-refractivity contribution is -0.534. The fourth-order valence-corrected chi connectivity index (χ4v) is 6.74. The van der Waals surface area contributed by atoms with E-state index in [9.17, 15) is 14.9 Å². The predicted molar refractivity (Wildman–Crippen MR) is 143 cm³/mol. The molecule has 3 aliphatic heterocycles. The van der Waals surface area contributed by atoms with Gasteiger partial charge in [-0.15, -0.1) is 0 Å². The number of hydrogen-bond acceptors (Lipinski definition) is 6. The van der Waals surface area contributed by atoms with Gasteiger partial charge in [0.1, 0.15) is 6.61 Å². The zero-order chi connectivity index (χ0) is 26.4. The van der Waals surface area contributed by atoms with Crippen LogP contribution in [0.25, 0.3) is 0 Å². The van der Waals surface area contributed by atoms with Crippen LogP contribution in [-0.4, -0.2) is 41.0 Å². The summed E-state index contributed by atoms with van der Waals surface area (Å²) in [6, 6.07) is 19.9. The van der Waals surface area contributed by atoms with Gasteiger partial charge in [-0.25, -0.2) is 0 Å². The van der Waals surface area contributed by atoms with E-state index >= 15 is 0 Å². The fraction of sp³-hybridized carbons (Fsp3) is 0.367. The van der Waals surface area contributed by atoms with Gasteiger partial charge in [0.05, 0.1) is 12.5 Å². The summed E-state index contributed by atoms with van der Waals surface area (Å²) < 4.78 is 12.1. The predicted octanol–water partition coefficient (Wildman–Crippen LogP) is 5.03. The summed E-state index contributed by atoms with van der Waals surface area (Å²) in [5, 5.41) is 15.8. The summed E-state index contributed by atoms with van der Waals surface area (Å²) >= 11 is 0. The number of aryl methyl sites for hydroxylation is 1. The van der Waals surface area contributed by atoms with E-state index in [1.54, 1.807) is 0 Å². The average Bonchev–Trinajstić information content (AvgIpc) is 3.57. The van der Waals surface area contributed by atoms with Crippen molar-refractivity contribution in [2.45, 2.75) is 56.8 Å². The minimum Gasteiger partial charge on any atom is -0.490 e. The Balaban J connectivity index is 1.40. The van der Waals surface area contributed by atoms with Gasteiger partial charge in [-0.2, -0.15) is 0 Å². The van der Waals surface area contributed by atoms with E-state index in [0.717, 1.165) is 24.0 Å². The van der Waals surface area contributed by atoms with E-state index < -0.39 is 17.5 Å². The summed E-state index contributed by atoms with van der Waals surface area (Å²) in [6.45, 7) is 5.41. The molecule has 0 bridgehead atoms. The van der Waals surface area contributed by atoms with Crippen molar-refractivity contribution in [3.8, 4) is 11.5 Å². The molecule has 38 heavy (non-hydrogen) atoms. The third-order valence-corrected chi connectivity index (χ3v) is 8.26. The number of benzene rings is 3. The van der Waals surface area contributed by atoms with Gasteiger partial charge in [0.2, 0.25) is 0 Å². The highest BCUT2D eigenvalue weighted by molar-refractivity contribution is 6.07. The number of nitrogens with one attached hydrogen (secondary N) is 1. The maximum Gasteiger partial charge on any atom is 0.256 e. The summed E-state index contributed by atoms with van der Waals surface area (Å²) in [5.74, 6) is 0.363. The lowest BCUT2D eigenvalue weighted by Gasteiger charge is -2.32. The molecular formula is C30H31N3O5. The number of carbonyl (C=O) groups is 1. The van der Waals surface area contributed by atoms with Crippen LogP contribution in [0.5, 0.6) is 11.5 Å². The Hall–Kier alpha value is -3.91. The number of para-hydroxylation sites is 1. The van der Waals surface area contributed by atoms with Gasteiger partial charge in [0.15, 0.2) is 17.0 Å². The van der Waals surface area contributed by atoms with Gasteiger partial charge in [0, 0.05) is 28.8 Å². The minimum atomic E-state index is -1.34. The van der Waals surface area contributed by atoms with Crippen LogP contribution in [0, 0.1) is 17.0 Å². The maximum absolute atomic E-state index is 13.7. The number of amides is 1. The van der Waals surface area contributed by atoms with Gasteiger partial charge in [-0.05, 0) is 56.0 Å². The highest BCUT2D eigenvalue weighted by Crippen LogP contribution is 2.58. The lowest BCUT2D eigenvalue weighted by atomic mass is 9.77. The zero-order valence-electron chi connectivity index (χ0n) is 21.6. The van der Waals surface area contributed by atoms with Crippen molar-refractivity contribution >= 4 is 11.6 Å². The van der Waals surface area contributed by atoms with Crippen molar-refractivity contribution in [3.05, 3.63) is 99.1 Å². The molecule has 0 unspecified atom stereocenters. The Morgan fingerprint density at radius 3 is 2.63 bits per heavy atom. The number of rotatable bonds is 7. The molecule has 2 saturated heterocycles. The molecule has 4 atom stereocenters. The lowest BCUT2D eigenvalue weighted by Crippen LogP contribution is -2.55. The van der Waals surface area contributed by atoms with E-state index in [0.29, 0.717) is 42.5 Å². The number of nitrogens with zero attached hydrogens (tertiary/aromatic N) is 2. The van der Waals surface area contributed by atoms with Crippen molar-refractivity contribution in [1.82, 2.24) is 4.90 Å². The number of hydrogen-bond donors (Lipinski definition) is 1. The number of nitro groups is 1. The molecule has 196 valence electrons. The van der Waals surface area contributed by atoms with Gasteiger partial charge in [0.25, 0.3) is 11.9 Å². The van der Waals surface area contributed by atoms with Crippen molar-refractivity contribution in [2.75, 3.05) is 18.5 Å². The largest absolute Gasteiger partial charge is 0.490 e. The first-order chi connectivity index (χ1) is 18.4. The molecule has 3 aromatic rings. The number of anilines is 1. The second-order valence-electron chi connectivity index (χ2n) is 10.3. The molecule has 0 aliphatic carbocycles. The smallest absolute Gasteiger partial charge is 0.256 e. The fourth-order valence-electron chi connectivity index (χ4n) is 6.74. The van der Waals surface area contributed by atoms with Crippen LogP contribution in [0.15, 0.2) is 66.7 Å². The van der Waals surface area contributed by atoms with Crippen molar-refractivity contribution < 1.29 is 19.2 Å². The van der Waals surface area contributed by atoms with Crippen LogP contribution in [0.3, 0.4) is 0 Å². The number of ether oxygens (including phenoxy) is 2. The first kappa shape index (κ1) is 24.4. The van der Waals surface area contributed by atoms with E-state index in [1.807, 2.05) is 80.6 Å². The molecule has 8 nitrogen and oxygen atoms in total. The molecule has 1 amide bonds. The topological polar surface area (TPSA) is 93.9 Å². The number of fused-ring (bicyclic) bond motifs is 4. The van der Waals surface area contributed by atoms with E-state index in [2.05, 4.69) is 10.2 Å². The van der Waals surface area contributed by atoms with Gasteiger partial charge in [-0.1, -0.05) is 54.1 Å². The second kappa shape index (κ2) is 9.44. The molecule has 3 aromatic carbocycles. The van der Waals surface area contributed by atoms with Crippen LogP contribution in [0.2, 0.25) is 0 Å². The Morgan fingerprint density at radius 2 is 1.87 bits per heavy atom. The second-order valence-corrected chi connectivity index (χ2v) is 10.3. The summed E-state index contributed by atoms with van der Waals surface area (Å²) in [6.07, 6.45) is 1.68. The summed E-state index contributed by atoms with van der Waals surface area (Å²) in [7, 11) is 0. The summed E-state index contributed by atoms with van der Waals surface area (Å²) in [5.41, 5.74) is 3.04. The van der Waals surface area contributed by atoms with Crippen LogP contribution in [0.1, 0.15) is 47.9 Å². The maximum atomic E-state index is 13.7. The first-order valence-corrected chi connectivity index (χ1v) is 13.2. The third-order valence-electron chi connectivity index (χ3n) is 8.26. The summed E-state index contributed by atoms with van der Waals surface area (Å²) in [4.78, 5) is 28.3. The van der Waals surface area contributed by atoms with Crippen molar-refractivity contribution in [1.29, 1.82) is 0 Å². The number of carbonyl (C=O) groups excluding carboxylic acids is 1. The monoisotopic (exact) mass is 513 g/mol. The van der Waals surface area contributed by atoms with Crippen molar-refractivity contribution in [3.63, 3.8) is 0 Å². The molecule has 6 rings (SSSR count). The Labute approximate surface area is 221 Å². The van der Waals surface area contributed by atoms with Crippen LogP contribution >= 0.6 is 0 Å². The molecule has 0 aromatic heterocycles. The molecule has 3 aliphatic rings. The van der Waals surface area contributed by atoms with E-state index in [4.69, 9.17) is 9.47 Å². The SMILES string of the molecule is CCOc1cc([C@H]2[C@H]([N+](=O)[O-])[C@@]3(C(=O)Nc4ccccc43)N3CCC[C@@H]23)ccc1OCc1ccc(C)cc1. The average molecular weight is 514 g/mol. The van der Waals surface area contributed by atoms with Crippen molar-refractivity contribution in [2.24, 2.45) is 0 Å². The Bertz CT molecular complexity index is 1390. The first-order valence-electron chi connectivity index (χ1n) is 13.2. The van der Waals surface area contributed by atoms with Gasteiger partial charge in [-0.3, -0.25) is 19.8 Å². The molecule has 1 spiro atoms. The zero-order valence-corrected chi connectivity index (χ0v) is 21.6. The molecule has 2 fully saturated rings. The molecular weight excluding hydrogens is 482 g/mol. The quantitative estimate of drug-likeness (QED) is 0.352. The molecule has 1 N–H and O–H groups in total. The van der Waals surface area contributed by atoms with Crippen LogP contribution in [0.4, 0.5) is 5.69 Å².